The molecule has 7 nitrogen and oxygen atoms in total. The van der Waals surface area contributed by atoms with Crippen LogP contribution >= 0.6 is 39.1 Å². The van der Waals surface area contributed by atoms with Crippen LogP contribution in [0.2, 0.25) is 10.0 Å². The predicted octanol–water partition coefficient (Wildman–Crippen LogP) is 4.63. The molecule has 0 aliphatic rings. The summed E-state index contributed by atoms with van der Waals surface area (Å²) >= 11 is 15.4. The quantitative estimate of drug-likeness (QED) is 0.408. The lowest BCUT2D eigenvalue weighted by atomic mass is 10.2. The number of nitrogens with one attached hydrogen (secondary N) is 3. The summed E-state index contributed by atoms with van der Waals surface area (Å²) in [5.41, 5.74) is 12.6. The van der Waals surface area contributed by atoms with Crippen LogP contribution in [-0.4, -0.2) is 15.9 Å². The second-order valence-electron chi connectivity index (χ2n) is 5.32. The van der Waals surface area contributed by atoms with Crippen molar-refractivity contribution in [1.29, 1.82) is 0 Å². The second kappa shape index (κ2) is 8.43. The lowest BCUT2D eigenvalue weighted by molar-refractivity contribution is 0.0962. The van der Waals surface area contributed by atoms with E-state index in [1.165, 1.54) is 6.33 Å². The summed E-state index contributed by atoms with van der Waals surface area (Å²) in [7, 11) is 0. The van der Waals surface area contributed by atoms with Crippen LogP contribution in [0.15, 0.2) is 53.3 Å². The molecule has 2 aromatic carbocycles. The third kappa shape index (κ3) is 4.79. The molecule has 27 heavy (non-hydrogen) atoms. The van der Waals surface area contributed by atoms with E-state index < -0.39 is 0 Å². The first-order chi connectivity index (χ1) is 12.9. The first kappa shape index (κ1) is 19.2. The number of nitrogens with two attached hydrogens (primary N) is 1. The van der Waals surface area contributed by atoms with E-state index in [9.17, 15) is 4.79 Å². The fourth-order valence-corrected chi connectivity index (χ4v) is 2.82. The Morgan fingerprint density at radius 1 is 1.04 bits per heavy atom. The summed E-state index contributed by atoms with van der Waals surface area (Å²) in [6.07, 6.45) is 1.30. The number of hydrogen-bond donors (Lipinski definition) is 4. The number of amides is 1. The molecule has 0 aliphatic carbocycles. The van der Waals surface area contributed by atoms with Crippen LogP contribution in [0.4, 0.5) is 23.0 Å². The van der Waals surface area contributed by atoms with Crippen molar-refractivity contribution in [2.24, 2.45) is 0 Å². The van der Waals surface area contributed by atoms with Crippen molar-refractivity contribution in [1.82, 2.24) is 15.4 Å². The minimum atomic E-state index is -0.337. The largest absolute Gasteiger partial charge is 0.393 e. The fourth-order valence-electron chi connectivity index (χ4n) is 2.10. The molecule has 0 aliphatic heterocycles. The summed E-state index contributed by atoms with van der Waals surface area (Å²) in [6, 6.07) is 11.9. The Balaban J connectivity index is 1.72. The third-order valence-corrected chi connectivity index (χ3v) is 4.55. The highest BCUT2D eigenvalue weighted by molar-refractivity contribution is 9.10. The standard InChI is InChI=1S/C17H13BrCl2N6O/c18-10-3-1-9(2-4-10)17(27)26-25-16-14(21)15(22-8-23-16)24-13-6-5-11(19)7-12(13)20/h1-8H,21H2,(H,26,27)(H2,22,23,24,25). The first-order valence-corrected chi connectivity index (χ1v) is 9.13. The van der Waals surface area contributed by atoms with Gasteiger partial charge in [0.1, 0.15) is 12.0 Å². The summed E-state index contributed by atoms with van der Waals surface area (Å²) < 4.78 is 0.878. The molecule has 138 valence electrons. The molecule has 10 heteroatoms. The van der Waals surface area contributed by atoms with Gasteiger partial charge in [-0.25, -0.2) is 9.97 Å². The Hall–Kier alpha value is -2.55. The van der Waals surface area contributed by atoms with Gasteiger partial charge >= 0.3 is 0 Å². The minimum absolute atomic E-state index is 0.208. The number of anilines is 4. The number of halogens is 3. The summed E-state index contributed by atoms with van der Waals surface area (Å²) in [5.74, 6) is 0.230. The third-order valence-electron chi connectivity index (χ3n) is 3.47. The van der Waals surface area contributed by atoms with Gasteiger partial charge in [0, 0.05) is 15.1 Å². The molecule has 1 amide bonds. The van der Waals surface area contributed by atoms with Crippen LogP contribution in [0.1, 0.15) is 10.4 Å². The van der Waals surface area contributed by atoms with Crippen molar-refractivity contribution in [2.45, 2.75) is 0 Å². The Morgan fingerprint density at radius 3 is 2.44 bits per heavy atom. The molecule has 0 atom stereocenters. The van der Waals surface area contributed by atoms with Gasteiger partial charge in [0.15, 0.2) is 11.6 Å². The van der Waals surface area contributed by atoms with E-state index in [2.05, 4.69) is 42.1 Å². The number of hydrogen-bond acceptors (Lipinski definition) is 6. The van der Waals surface area contributed by atoms with Gasteiger partial charge in [-0.2, -0.15) is 0 Å². The number of rotatable bonds is 5. The lowest BCUT2D eigenvalue weighted by Gasteiger charge is -2.14. The SMILES string of the molecule is Nc1c(NNC(=O)c2ccc(Br)cc2)ncnc1Nc1ccc(Cl)cc1Cl. The number of hydrazine groups is 1. The fraction of sp³-hybridized carbons (Fsp3) is 0. The van der Waals surface area contributed by atoms with E-state index in [0.29, 0.717) is 27.1 Å². The van der Waals surface area contributed by atoms with Gasteiger partial charge in [-0.3, -0.25) is 15.6 Å². The van der Waals surface area contributed by atoms with E-state index in [4.69, 9.17) is 28.9 Å². The highest BCUT2D eigenvalue weighted by Crippen LogP contribution is 2.31. The zero-order valence-electron chi connectivity index (χ0n) is 13.6. The summed E-state index contributed by atoms with van der Waals surface area (Å²) in [4.78, 5) is 20.3. The molecule has 1 heterocycles. The lowest BCUT2D eigenvalue weighted by Crippen LogP contribution is -2.30. The molecule has 0 unspecified atom stereocenters. The van der Waals surface area contributed by atoms with Crippen molar-refractivity contribution in [3.63, 3.8) is 0 Å². The number of aromatic nitrogens is 2. The molecule has 0 fully saturated rings. The van der Waals surface area contributed by atoms with Gasteiger partial charge in [0.25, 0.3) is 5.91 Å². The van der Waals surface area contributed by atoms with Crippen LogP contribution in [0, 0.1) is 0 Å². The van der Waals surface area contributed by atoms with Crippen LogP contribution < -0.4 is 21.9 Å². The maximum absolute atomic E-state index is 12.2. The van der Waals surface area contributed by atoms with Crippen LogP contribution in [-0.2, 0) is 0 Å². The molecule has 0 spiro atoms. The van der Waals surface area contributed by atoms with Crippen molar-refractivity contribution < 1.29 is 4.79 Å². The van der Waals surface area contributed by atoms with Gasteiger partial charge in [-0.05, 0) is 42.5 Å². The molecule has 3 aromatic rings. The van der Waals surface area contributed by atoms with Gasteiger partial charge in [-0.15, -0.1) is 0 Å². The molecular weight excluding hydrogens is 455 g/mol. The highest BCUT2D eigenvalue weighted by atomic mass is 79.9. The Morgan fingerprint density at radius 2 is 1.74 bits per heavy atom. The average molecular weight is 468 g/mol. The van der Waals surface area contributed by atoms with Crippen LogP contribution in [0.5, 0.6) is 0 Å². The molecule has 3 rings (SSSR count). The van der Waals surface area contributed by atoms with Crippen LogP contribution in [0.25, 0.3) is 0 Å². The monoisotopic (exact) mass is 466 g/mol. The average Bonchev–Trinajstić information content (AvgIpc) is 2.65. The molecule has 0 radical (unpaired) electrons. The van der Waals surface area contributed by atoms with Gasteiger partial charge in [0.2, 0.25) is 0 Å². The zero-order chi connectivity index (χ0) is 19.4. The Kier molecular flexibility index (Phi) is 6.00. The van der Waals surface area contributed by atoms with E-state index in [-0.39, 0.29) is 17.4 Å². The zero-order valence-corrected chi connectivity index (χ0v) is 16.7. The molecular formula is C17H13BrCl2N6O. The normalized spacial score (nSPS) is 10.3. The smallest absolute Gasteiger partial charge is 0.269 e. The maximum Gasteiger partial charge on any atom is 0.269 e. The molecule has 1 aromatic heterocycles. The van der Waals surface area contributed by atoms with Crippen molar-refractivity contribution in [2.75, 3.05) is 16.5 Å². The van der Waals surface area contributed by atoms with Crippen LogP contribution in [0.3, 0.4) is 0 Å². The number of nitrogens with zero attached hydrogens (tertiary/aromatic N) is 2. The first-order valence-electron chi connectivity index (χ1n) is 7.58. The topological polar surface area (TPSA) is 105 Å². The second-order valence-corrected chi connectivity index (χ2v) is 7.08. The molecule has 0 saturated carbocycles. The van der Waals surface area contributed by atoms with Gasteiger partial charge in [0.05, 0.1) is 10.7 Å². The van der Waals surface area contributed by atoms with Crippen molar-refractivity contribution in [3.05, 3.63) is 68.9 Å². The van der Waals surface area contributed by atoms with E-state index in [0.717, 1.165) is 4.47 Å². The van der Waals surface area contributed by atoms with E-state index >= 15 is 0 Å². The minimum Gasteiger partial charge on any atom is -0.393 e. The van der Waals surface area contributed by atoms with Gasteiger partial charge in [-0.1, -0.05) is 39.1 Å². The van der Waals surface area contributed by atoms with Crippen molar-refractivity contribution in [3.8, 4) is 0 Å². The maximum atomic E-state index is 12.2. The van der Waals surface area contributed by atoms with E-state index in [1.54, 1.807) is 42.5 Å². The predicted molar refractivity (Wildman–Crippen MR) is 111 cm³/mol. The van der Waals surface area contributed by atoms with E-state index in [1.807, 2.05) is 0 Å². The number of benzene rings is 2. The summed E-state index contributed by atoms with van der Waals surface area (Å²) in [5, 5.41) is 3.94. The number of nitrogen functional groups attached to an aromatic ring is 1. The Bertz CT molecular complexity index is 984. The molecule has 0 saturated heterocycles. The summed E-state index contributed by atoms with van der Waals surface area (Å²) in [6.45, 7) is 0. The molecule has 0 bridgehead atoms. The van der Waals surface area contributed by atoms with Gasteiger partial charge < -0.3 is 11.1 Å². The van der Waals surface area contributed by atoms with Crippen molar-refractivity contribution >= 4 is 68.0 Å². The molecule has 5 N–H and O–H groups in total. The Labute approximate surface area is 173 Å². The number of carbonyl (C=O) groups is 1. The highest BCUT2D eigenvalue weighted by Gasteiger charge is 2.12. The number of carbonyl (C=O) groups excluding carboxylic acids is 1.